The van der Waals surface area contributed by atoms with Crippen LogP contribution in [0.15, 0.2) is 9.00 Å². The van der Waals surface area contributed by atoms with Crippen molar-refractivity contribution in [3.8, 4) is 0 Å². The van der Waals surface area contributed by atoms with Gasteiger partial charge in [-0.05, 0) is 52.9 Å². The molecule has 0 saturated heterocycles. The van der Waals surface area contributed by atoms with E-state index in [2.05, 4.69) is 21.1 Å². The molecule has 0 aliphatic heterocycles. The largest absolute Gasteiger partial charge is 0.380 e. The summed E-state index contributed by atoms with van der Waals surface area (Å²) >= 11 is 3.43. The summed E-state index contributed by atoms with van der Waals surface area (Å²) in [4.78, 5) is 0. The number of rotatable bonds is 2. The molecule has 0 radical (unpaired) electrons. The number of hydrogen-bond acceptors (Lipinski definition) is 3. The molecule has 2 aliphatic carbocycles. The first-order valence-corrected chi connectivity index (χ1v) is 6.43. The van der Waals surface area contributed by atoms with Crippen LogP contribution in [0, 0.1) is 17.8 Å². The van der Waals surface area contributed by atoms with Crippen molar-refractivity contribution in [2.24, 2.45) is 17.8 Å². The lowest BCUT2D eigenvalue weighted by Gasteiger charge is -2.20. The molecule has 3 unspecified atom stereocenters. The van der Waals surface area contributed by atoms with Gasteiger partial charge in [0.25, 0.3) is 0 Å². The Labute approximate surface area is 97.5 Å². The van der Waals surface area contributed by atoms with Crippen molar-refractivity contribution in [2.45, 2.75) is 32.1 Å². The average Bonchev–Trinajstić information content (AvgIpc) is 2.89. The summed E-state index contributed by atoms with van der Waals surface area (Å²) < 4.78 is 6.11. The van der Waals surface area contributed by atoms with E-state index in [1.165, 1.54) is 25.7 Å². The molecule has 2 N–H and O–H groups in total. The van der Waals surface area contributed by atoms with Gasteiger partial charge < -0.3 is 10.3 Å². The third-order valence-corrected chi connectivity index (χ3v) is 4.90. The molecular formula is C11H15BrN2O. The fraction of sp³-hybridized carbons (Fsp3) is 0.727. The van der Waals surface area contributed by atoms with Crippen LogP contribution in [-0.2, 0) is 6.42 Å². The molecule has 2 fully saturated rings. The minimum atomic E-state index is 0.480. The molecule has 4 heteroatoms. The van der Waals surface area contributed by atoms with Gasteiger partial charge in [0, 0.05) is 6.42 Å². The third-order valence-electron chi connectivity index (χ3n) is 4.06. The van der Waals surface area contributed by atoms with Crippen LogP contribution in [0.5, 0.6) is 0 Å². The molecule has 3 atom stereocenters. The summed E-state index contributed by atoms with van der Waals surface area (Å²) in [6.45, 7) is 0. The summed E-state index contributed by atoms with van der Waals surface area (Å²) in [5.74, 6) is 4.12. The summed E-state index contributed by atoms with van der Waals surface area (Å²) in [5.41, 5.74) is 5.64. The Morgan fingerprint density at radius 1 is 1.40 bits per heavy atom. The van der Waals surface area contributed by atoms with Gasteiger partial charge in [-0.3, -0.25) is 0 Å². The molecule has 15 heavy (non-hydrogen) atoms. The highest BCUT2D eigenvalue weighted by Crippen LogP contribution is 2.49. The molecule has 1 aromatic heterocycles. The van der Waals surface area contributed by atoms with E-state index < -0.39 is 0 Å². The first-order valence-electron chi connectivity index (χ1n) is 5.63. The maximum atomic E-state index is 5.64. The Hall–Kier alpha value is -0.510. The number of anilines is 1. The van der Waals surface area contributed by atoms with Crippen molar-refractivity contribution >= 4 is 21.7 Å². The predicted octanol–water partition coefficient (Wildman–Crippen LogP) is 3.00. The van der Waals surface area contributed by atoms with Gasteiger partial charge in [0.2, 0.25) is 0 Å². The molecule has 3 rings (SSSR count). The van der Waals surface area contributed by atoms with Crippen molar-refractivity contribution in [1.82, 2.24) is 5.16 Å². The van der Waals surface area contributed by atoms with Crippen molar-refractivity contribution in [3.63, 3.8) is 0 Å². The maximum absolute atomic E-state index is 5.64. The van der Waals surface area contributed by atoms with Gasteiger partial charge in [-0.25, -0.2) is 0 Å². The fourth-order valence-corrected chi connectivity index (χ4v) is 3.63. The average molecular weight is 271 g/mol. The van der Waals surface area contributed by atoms with E-state index in [9.17, 15) is 0 Å². The molecule has 2 aliphatic rings. The highest BCUT2D eigenvalue weighted by Gasteiger charge is 2.40. The van der Waals surface area contributed by atoms with Gasteiger partial charge in [0.15, 0.2) is 11.6 Å². The highest BCUT2D eigenvalue weighted by atomic mass is 79.9. The van der Waals surface area contributed by atoms with Crippen molar-refractivity contribution in [1.29, 1.82) is 0 Å². The molecule has 0 spiro atoms. The van der Waals surface area contributed by atoms with Gasteiger partial charge >= 0.3 is 0 Å². The van der Waals surface area contributed by atoms with E-state index in [1.807, 2.05) is 0 Å². The summed E-state index contributed by atoms with van der Waals surface area (Å²) in [7, 11) is 0. The minimum absolute atomic E-state index is 0.480. The Kier molecular flexibility index (Phi) is 2.27. The Balaban J connectivity index is 1.73. The molecule has 1 aromatic rings. The van der Waals surface area contributed by atoms with Gasteiger partial charge in [-0.1, -0.05) is 11.6 Å². The second-order valence-corrected chi connectivity index (χ2v) is 5.74. The van der Waals surface area contributed by atoms with E-state index in [1.54, 1.807) is 0 Å². The smallest absolute Gasteiger partial charge is 0.181 e. The lowest BCUT2D eigenvalue weighted by molar-refractivity contribution is 0.292. The quantitative estimate of drug-likeness (QED) is 0.899. The lowest BCUT2D eigenvalue weighted by Crippen LogP contribution is -2.12. The van der Waals surface area contributed by atoms with Crippen LogP contribution < -0.4 is 5.73 Å². The zero-order valence-electron chi connectivity index (χ0n) is 8.58. The van der Waals surface area contributed by atoms with Crippen LogP contribution in [0.3, 0.4) is 0 Å². The van der Waals surface area contributed by atoms with Crippen LogP contribution in [0.25, 0.3) is 0 Å². The molecule has 0 amide bonds. The summed E-state index contributed by atoms with van der Waals surface area (Å²) in [6, 6.07) is 0. The van der Waals surface area contributed by atoms with Crippen molar-refractivity contribution in [3.05, 3.63) is 10.2 Å². The van der Waals surface area contributed by atoms with Crippen molar-refractivity contribution < 1.29 is 4.52 Å². The number of fused-ring (bicyclic) bond motifs is 2. The summed E-state index contributed by atoms with van der Waals surface area (Å²) in [6.07, 6.45) is 6.67. The van der Waals surface area contributed by atoms with E-state index >= 15 is 0 Å². The molecule has 1 heterocycles. The SMILES string of the molecule is Nc1noc(CC2CC3CCC2C3)c1Br. The van der Waals surface area contributed by atoms with E-state index in [0.717, 1.165) is 34.4 Å². The van der Waals surface area contributed by atoms with E-state index in [4.69, 9.17) is 10.3 Å². The molecule has 2 saturated carbocycles. The number of halogens is 1. The zero-order valence-corrected chi connectivity index (χ0v) is 10.2. The topological polar surface area (TPSA) is 52.0 Å². The number of aromatic nitrogens is 1. The molecule has 0 aromatic carbocycles. The Bertz CT molecular complexity index is 377. The summed E-state index contributed by atoms with van der Waals surface area (Å²) in [5, 5.41) is 3.78. The molecule has 3 nitrogen and oxygen atoms in total. The van der Waals surface area contributed by atoms with E-state index in [-0.39, 0.29) is 0 Å². The molecule has 82 valence electrons. The number of hydrogen-bond donors (Lipinski definition) is 1. The van der Waals surface area contributed by atoms with Gasteiger partial charge in [-0.15, -0.1) is 0 Å². The normalized spacial score (nSPS) is 33.8. The number of nitrogen functional groups attached to an aromatic ring is 1. The first kappa shape index (κ1) is 9.70. The van der Waals surface area contributed by atoms with Crippen LogP contribution in [0.1, 0.15) is 31.4 Å². The van der Waals surface area contributed by atoms with Crippen LogP contribution in [-0.4, -0.2) is 5.16 Å². The second kappa shape index (κ2) is 3.51. The highest BCUT2D eigenvalue weighted by molar-refractivity contribution is 9.10. The van der Waals surface area contributed by atoms with Gasteiger partial charge in [-0.2, -0.15) is 0 Å². The van der Waals surface area contributed by atoms with Crippen LogP contribution >= 0.6 is 15.9 Å². The monoisotopic (exact) mass is 270 g/mol. The maximum Gasteiger partial charge on any atom is 0.181 e. The molecule has 2 bridgehead atoms. The molecular weight excluding hydrogens is 256 g/mol. The van der Waals surface area contributed by atoms with Crippen LogP contribution in [0.2, 0.25) is 0 Å². The predicted molar refractivity (Wildman–Crippen MR) is 61.3 cm³/mol. The number of nitrogens with zero attached hydrogens (tertiary/aromatic N) is 1. The van der Waals surface area contributed by atoms with Gasteiger partial charge in [0.1, 0.15) is 4.47 Å². The second-order valence-electron chi connectivity index (χ2n) is 4.94. The fourth-order valence-electron chi connectivity index (χ4n) is 3.32. The zero-order chi connectivity index (χ0) is 10.4. The first-order chi connectivity index (χ1) is 7.24. The number of nitrogens with two attached hydrogens (primary N) is 1. The Morgan fingerprint density at radius 3 is 2.80 bits per heavy atom. The van der Waals surface area contributed by atoms with Crippen LogP contribution in [0.4, 0.5) is 5.82 Å². The third kappa shape index (κ3) is 1.59. The van der Waals surface area contributed by atoms with E-state index in [0.29, 0.717) is 5.82 Å². The van der Waals surface area contributed by atoms with Crippen molar-refractivity contribution in [2.75, 3.05) is 5.73 Å². The van der Waals surface area contributed by atoms with Gasteiger partial charge in [0.05, 0.1) is 0 Å². The Morgan fingerprint density at radius 2 is 2.27 bits per heavy atom. The minimum Gasteiger partial charge on any atom is -0.380 e. The lowest BCUT2D eigenvalue weighted by atomic mass is 9.86. The standard InChI is InChI=1S/C11H15BrN2O/c12-10-9(15-14-11(10)13)5-8-4-6-1-2-7(8)3-6/h6-8H,1-5H2,(H2,13,14).